The molecule has 1 aliphatic carbocycles. The molecule has 1 amide bonds. The van der Waals surface area contributed by atoms with Gasteiger partial charge >= 0.3 is 0 Å². The summed E-state index contributed by atoms with van der Waals surface area (Å²) in [6.07, 6.45) is 8.57. The molecule has 1 aliphatic rings. The second kappa shape index (κ2) is 7.34. The quantitative estimate of drug-likeness (QED) is 0.557. The maximum Gasteiger partial charge on any atom is 0.220 e. The van der Waals surface area contributed by atoms with Crippen LogP contribution in [0, 0.1) is 11.8 Å². The van der Waals surface area contributed by atoms with Gasteiger partial charge in [0, 0.05) is 18.9 Å². The van der Waals surface area contributed by atoms with Gasteiger partial charge in [-0.2, -0.15) is 0 Å². The van der Waals surface area contributed by atoms with Crippen molar-refractivity contribution in [1.82, 2.24) is 5.32 Å². The molecule has 0 unspecified atom stereocenters. The topological polar surface area (TPSA) is 29.1 Å². The zero-order valence-corrected chi connectivity index (χ0v) is 9.64. The molecule has 0 spiro atoms. The molecule has 0 aromatic heterocycles. The molecule has 0 aromatic carbocycles. The first kappa shape index (κ1) is 12.1. The lowest BCUT2D eigenvalue weighted by molar-refractivity contribution is -0.122. The second-order valence-corrected chi connectivity index (χ2v) is 4.18. The Morgan fingerprint density at radius 2 is 2.07 bits per heavy atom. The van der Waals surface area contributed by atoms with Gasteiger partial charge in [0.1, 0.15) is 0 Å². The Morgan fingerprint density at radius 3 is 2.73 bits per heavy atom. The fourth-order valence-electron chi connectivity index (χ4n) is 2.01. The predicted octanol–water partition coefficient (Wildman–Crippen LogP) is 2.63. The Bertz CT molecular complexity index is 243. The first-order chi connectivity index (χ1) is 7.33. The number of amides is 1. The molecule has 0 heterocycles. The van der Waals surface area contributed by atoms with Gasteiger partial charge in [-0.3, -0.25) is 4.79 Å². The summed E-state index contributed by atoms with van der Waals surface area (Å²) >= 11 is 0. The number of hydrogen-bond donors (Lipinski definition) is 1. The maximum absolute atomic E-state index is 11.5. The van der Waals surface area contributed by atoms with Crippen molar-refractivity contribution in [2.45, 2.75) is 64.3 Å². The van der Waals surface area contributed by atoms with Gasteiger partial charge in [-0.05, 0) is 26.2 Å². The zero-order valence-electron chi connectivity index (χ0n) is 9.64. The van der Waals surface area contributed by atoms with E-state index >= 15 is 0 Å². The van der Waals surface area contributed by atoms with Crippen LogP contribution in [0.1, 0.15) is 58.3 Å². The van der Waals surface area contributed by atoms with E-state index in [1.54, 1.807) is 0 Å². The van der Waals surface area contributed by atoms with Gasteiger partial charge in [0.2, 0.25) is 5.91 Å². The van der Waals surface area contributed by atoms with Crippen molar-refractivity contribution in [3.8, 4) is 11.8 Å². The minimum Gasteiger partial charge on any atom is -0.353 e. The van der Waals surface area contributed by atoms with Gasteiger partial charge in [0.05, 0.1) is 0 Å². The number of carbonyl (C=O) groups excluding carboxylic acids is 1. The van der Waals surface area contributed by atoms with Gasteiger partial charge in [-0.15, -0.1) is 11.8 Å². The average Bonchev–Trinajstić information content (AvgIpc) is 2.26. The lowest BCUT2D eigenvalue weighted by atomic mass is 9.95. The molecule has 0 aromatic rings. The van der Waals surface area contributed by atoms with Crippen LogP contribution in [0.25, 0.3) is 0 Å². The van der Waals surface area contributed by atoms with E-state index in [0.29, 0.717) is 12.5 Å². The monoisotopic (exact) mass is 207 g/mol. The molecule has 84 valence electrons. The number of unbranched alkanes of at least 4 members (excludes halogenated alkanes) is 1. The molecular weight excluding hydrogens is 186 g/mol. The first-order valence-corrected chi connectivity index (χ1v) is 6.02. The van der Waals surface area contributed by atoms with Gasteiger partial charge in [-0.1, -0.05) is 19.3 Å². The third-order valence-corrected chi connectivity index (χ3v) is 2.85. The molecule has 0 bridgehead atoms. The SMILES string of the molecule is CC#CCCCC(=O)NC1CCCCC1. The molecule has 0 aliphatic heterocycles. The second-order valence-electron chi connectivity index (χ2n) is 4.18. The molecule has 0 saturated heterocycles. The molecule has 2 nitrogen and oxygen atoms in total. The van der Waals surface area contributed by atoms with Crippen molar-refractivity contribution in [2.24, 2.45) is 0 Å². The van der Waals surface area contributed by atoms with Gasteiger partial charge in [0.25, 0.3) is 0 Å². The van der Waals surface area contributed by atoms with Crippen molar-refractivity contribution < 1.29 is 4.79 Å². The maximum atomic E-state index is 11.5. The van der Waals surface area contributed by atoms with Crippen molar-refractivity contribution in [1.29, 1.82) is 0 Å². The highest BCUT2D eigenvalue weighted by Gasteiger charge is 2.14. The molecule has 1 rings (SSSR count). The van der Waals surface area contributed by atoms with Crippen LogP contribution in [0.4, 0.5) is 0 Å². The van der Waals surface area contributed by atoms with Gasteiger partial charge < -0.3 is 5.32 Å². The minimum atomic E-state index is 0.208. The summed E-state index contributed by atoms with van der Waals surface area (Å²) in [5.41, 5.74) is 0. The predicted molar refractivity (Wildman–Crippen MR) is 62.3 cm³/mol. The van der Waals surface area contributed by atoms with Crippen molar-refractivity contribution in [3.05, 3.63) is 0 Å². The molecule has 1 fully saturated rings. The van der Waals surface area contributed by atoms with E-state index in [0.717, 1.165) is 12.8 Å². The molecule has 0 radical (unpaired) electrons. The lowest BCUT2D eigenvalue weighted by Crippen LogP contribution is -2.35. The summed E-state index contributed by atoms with van der Waals surface area (Å²) < 4.78 is 0. The normalized spacial score (nSPS) is 16.6. The van der Waals surface area contributed by atoms with Gasteiger partial charge in [0.15, 0.2) is 0 Å². The van der Waals surface area contributed by atoms with Crippen LogP contribution in [0.3, 0.4) is 0 Å². The van der Waals surface area contributed by atoms with E-state index in [1.165, 1.54) is 32.1 Å². The van der Waals surface area contributed by atoms with Crippen LogP contribution in [-0.4, -0.2) is 11.9 Å². The largest absolute Gasteiger partial charge is 0.353 e. The average molecular weight is 207 g/mol. The summed E-state index contributed by atoms with van der Waals surface area (Å²) in [5, 5.41) is 3.11. The summed E-state index contributed by atoms with van der Waals surface area (Å²) in [6, 6.07) is 0.448. The summed E-state index contributed by atoms with van der Waals surface area (Å²) in [5.74, 6) is 6.03. The molecule has 15 heavy (non-hydrogen) atoms. The van der Waals surface area contributed by atoms with Crippen molar-refractivity contribution in [2.75, 3.05) is 0 Å². The lowest BCUT2D eigenvalue weighted by Gasteiger charge is -2.22. The molecular formula is C13H21NO. The molecule has 1 saturated carbocycles. The van der Waals surface area contributed by atoms with Crippen LogP contribution in [0.2, 0.25) is 0 Å². The summed E-state index contributed by atoms with van der Waals surface area (Å²) in [7, 11) is 0. The molecule has 0 atom stereocenters. The zero-order chi connectivity index (χ0) is 10.9. The third kappa shape index (κ3) is 5.47. The van der Waals surface area contributed by atoms with E-state index in [9.17, 15) is 4.79 Å². The smallest absolute Gasteiger partial charge is 0.220 e. The number of carbonyl (C=O) groups is 1. The summed E-state index contributed by atoms with van der Waals surface area (Å²) in [6.45, 7) is 1.84. The standard InChI is InChI=1S/C13H21NO/c1-2-3-4-8-11-13(15)14-12-9-6-5-7-10-12/h12H,4-11H2,1H3,(H,14,15). The van der Waals surface area contributed by atoms with Crippen molar-refractivity contribution in [3.63, 3.8) is 0 Å². The van der Waals surface area contributed by atoms with E-state index < -0.39 is 0 Å². The summed E-state index contributed by atoms with van der Waals surface area (Å²) in [4.78, 5) is 11.5. The van der Waals surface area contributed by atoms with Crippen LogP contribution in [0.15, 0.2) is 0 Å². The highest BCUT2D eigenvalue weighted by Crippen LogP contribution is 2.17. The third-order valence-electron chi connectivity index (χ3n) is 2.85. The van der Waals surface area contributed by atoms with Gasteiger partial charge in [-0.25, -0.2) is 0 Å². The van der Waals surface area contributed by atoms with E-state index in [1.807, 2.05) is 6.92 Å². The number of nitrogens with one attached hydrogen (secondary N) is 1. The number of hydrogen-bond acceptors (Lipinski definition) is 1. The van der Waals surface area contributed by atoms with Crippen LogP contribution in [0.5, 0.6) is 0 Å². The van der Waals surface area contributed by atoms with Crippen LogP contribution < -0.4 is 5.32 Å². The Balaban J connectivity index is 2.08. The van der Waals surface area contributed by atoms with Crippen LogP contribution >= 0.6 is 0 Å². The Kier molecular flexibility index (Phi) is 5.92. The highest BCUT2D eigenvalue weighted by molar-refractivity contribution is 5.76. The fourth-order valence-corrected chi connectivity index (χ4v) is 2.01. The minimum absolute atomic E-state index is 0.208. The molecule has 1 N–H and O–H groups in total. The Morgan fingerprint density at radius 1 is 1.33 bits per heavy atom. The fraction of sp³-hybridized carbons (Fsp3) is 0.769. The van der Waals surface area contributed by atoms with E-state index in [4.69, 9.17) is 0 Å². The number of rotatable bonds is 4. The Labute approximate surface area is 92.8 Å². The Hall–Kier alpha value is -0.970. The van der Waals surface area contributed by atoms with Crippen molar-refractivity contribution >= 4 is 5.91 Å². The van der Waals surface area contributed by atoms with Crippen LogP contribution in [-0.2, 0) is 4.79 Å². The van der Waals surface area contributed by atoms with E-state index in [2.05, 4.69) is 17.2 Å². The molecule has 2 heteroatoms. The highest BCUT2D eigenvalue weighted by atomic mass is 16.1. The first-order valence-electron chi connectivity index (χ1n) is 6.02. The van der Waals surface area contributed by atoms with E-state index in [-0.39, 0.29) is 5.91 Å².